The first-order chi connectivity index (χ1) is 7.11. The average molecular weight is 206 g/mol. The maximum absolute atomic E-state index is 11.3. The van der Waals surface area contributed by atoms with Gasteiger partial charge in [0.2, 0.25) is 0 Å². The van der Waals surface area contributed by atoms with Crippen LogP contribution in [-0.4, -0.2) is 19.5 Å². The molecule has 0 fully saturated rings. The van der Waals surface area contributed by atoms with Crippen molar-refractivity contribution in [1.29, 1.82) is 0 Å². The Morgan fingerprint density at radius 1 is 1.20 bits per heavy atom. The first kappa shape index (κ1) is 11.9. The minimum absolute atomic E-state index is 0.164. The molecule has 1 aromatic carbocycles. The van der Waals surface area contributed by atoms with Crippen LogP contribution in [0.15, 0.2) is 18.2 Å². The van der Waals surface area contributed by atoms with Gasteiger partial charge in [-0.1, -0.05) is 29.3 Å². The summed E-state index contributed by atoms with van der Waals surface area (Å²) in [4.78, 5) is 11.3. The van der Waals surface area contributed by atoms with Crippen LogP contribution in [0.1, 0.15) is 23.1 Å². The molecule has 82 valence electrons. The lowest BCUT2D eigenvalue weighted by Gasteiger charge is -2.04. The smallest absolute Gasteiger partial charge is 0.158 e. The standard InChI is InChI=1S/C13H18O2/c1-10-6-11(2)8-12(7-10)4-5-13(14)9-15-3/h6-8H,4-5,9H2,1-3H3. The molecular formula is C13H18O2. The highest BCUT2D eigenvalue weighted by Gasteiger charge is 2.02. The second kappa shape index (κ2) is 5.66. The summed E-state index contributed by atoms with van der Waals surface area (Å²) in [5.41, 5.74) is 3.74. The Bertz CT molecular complexity index is 322. The minimum Gasteiger partial charge on any atom is -0.377 e. The molecule has 1 aromatic rings. The van der Waals surface area contributed by atoms with Crippen LogP contribution in [0, 0.1) is 13.8 Å². The third kappa shape index (κ3) is 4.26. The second-order valence-corrected chi connectivity index (χ2v) is 3.97. The molecule has 0 aromatic heterocycles. The largest absolute Gasteiger partial charge is 0.377 e. The van der Waals surface area contributed by atoms with Crippen molar-refractivity contribution in [3.8, 4) is 0 Å². The van der Waals surface area contributed by atoms with Crippen LogP contribution in [0.4, 0.5) is 0 Å². The minimum atomic E-state index is 0.164. The summed E-state index contributed by atoms with van der Waals surface area (Å²) in [6.45, 7) is 4.38. The lowest BCUT2D eigenvalue weighted by Crippen LogP contribution is -2.07. The molecule has 0 unspecified atom stereocenters. The van der Waals surface area contributed by atoms with Gasteiger partial charge >= 0.3 is 0 Å². The van der Waals surface area contributed by atoms with E-state index in [-0.39, 0.29) is 12.4 Å². The third-order valence-electron chi connectivity index (χ3n) is 2.28. The molecule has 2 heteroatoms. The van der Waals surface area contributed by atoms with Gasteiger partial charge in [-0.2, -0.15) is 0 Å². The highest BCUT2D eigenvalue weighted by atomic mass is 16.5. The van der Waals surface area contributed by atoms with Gasteiger partial charge in [-0.15, -0.1) is 0 Å². The summed E-state index contributed by atoms with van der Waals surface area (Å²) in [5.74, 6) is 0.164. The molecule has 0 aliphatic carbocycles. The molecule has 15 heavy (non-hydrogen) atoms. The molecule has 0 saturated heterocycles. The molecule has 0 aliphatic heterocycles. The zero-order valence-corrected chi connectivity index (χ0v) is 9.67. The molecule has 0 radical (unpaired) electrons. The van der Waals surface area contributed by atoms with Crippen LogP contribution in [-0.2, 0) is 16.0 Å². The fourth-order valence-electron chi connectivity index (χ4n) is 1.73. The summed E-state index contributed by atoms with van der Waals surface area (Å²) in [7, 11) is 1.55. The number of ketones is 1. The summed E-state index contributed by atoms with van der Waals surface area (Å²) in [6.07, 6.45) is 1.38. The number of aryl methyl sites for hydroxylation is 3. The predicted molar refractivity (Wildman–Crippen MR) is 61.1 cm³/mol. The van der Waals surface area contributed by atoms with Crippen molar-refractivity contribution in [2.75, 3.05) is 13.7 Å². The topological polar surface area (TPSA) is 26.3 Å². The first-order valence-corrected chi connectivity index (χ1v) is 5.19. The zero-order valence-electron chi connectivity index (χ0n) is 9.67. The van der Waals surface area contributed by atoms with E-state index in [1.165, 1.54) is 16.7 Å². The molecule has 0 atom stereocenters. The van der Waals surface area contributed by atoms with E-state index in [4.69, 9.17) is 4.74 Å². The number of benzene rings is 1. The Morgan fingerprint density at radius 3 is 2.33 bits per heavy atom. The lowest BCUT2D eigenvalue weighted by molar-refractivity contribution is -0.122. The number of ether oxygens (including phenoxy) is 1. The van der Waals surface area contributed by atoms with E-state index in [1.807, 2.05) is 0 Å². The number of Topliss-reactive ketones (excluding diaryl/α,β-unsaturated/α-hetero) is 1. The molecular weight excluding hydrogens is 188 g/mol. The Labute approximate surface area is 91.3 Å². The molecule has 1 rings (SSSR count). The van der Waals surface area contributed by atoms with E-state index in [1.54, 1.807) is 7.11 Å². The molecule has 0 bridgehead atoms. The summed E-state index contributed by atoms with van der Waals surface area (Å²) >= 11 is 0. The van der Waals surface area contributed by atoms with E-state index >= 15 is 0 Å². The van der Waals surface area contributed by atoms with Crippen LogP contribution in [0.2, 0.25) is 0 Å². The van der Waals surface area contributed by atoms with Crippen LogP contribution < -0.4 is 0 Å². The first-order valence-electron chi connectivity index (χ1n) is 5.19. The van der Waals surface area contributed by atoms with Crippen LogP contribution in [0.5, 0.6) is 0 Å². The fraction of sp³-hybridized carbons (Fsp3) is 0.462. The van der Waals surface area contributed by atoms with E-state index in [0.717, 1.165) is 6.42 Å². The van der Waals surface area contributed by atoms with Gasteiger partial charge < -0.3 is 4.74 Å². The van der Waals surface area contributed by atoms with Gasteiger partial charge in [0.05, 0.1) is 0 Å². The van der Waals surface area contributed by atoms with Crippen molar-refractivity contribution >= 4 is 5.78 Å². The third-order valence-corrected chi connectivity index (χ3v) is 2.28. The van der Waals surface area contributed by atoms with E-state index in [2.05, 4.69) is 32.0 Å². The highest BCUT2D eigenvalue weighted by molar-refractivity contribution is 5.79. The zero-order chi connectivity index (χ0) is 11.3. The molecule has 0 N–H and O–H groups in total. The van der Waals surface area contributed by atoms with Crippen LogP contribution in [0.25, 0.3) is 0 Å². The van der Waals surface area contributed by atoms with Crippen molar-refractivity contribution in [2.45, 2.75) is 26.7 Å². The van der Waals surface area contributed by atoms with Gasteiger partial charge in [0.1, 0.15) is 6.61 Å². The van der Waals surface area contributed by atoms with Crippen molar-refractivity contribution < 1.29 is 9.53 Å². The van der Waals surface area contributed by atoms with Crippen molar-refractivity contribution in [3.63, 3.8) is 0 Å². The van der Waals surface area contributed by atoms with E-state index in [9.17, 15) is 4.79 Å². The van der Waals surface area contributed by atoms with Gasteiger partial charge in [-0.3, -0.25) is 4.79 Å². The monoisotopic (exact) mass is 206 g/mol. The molecule has 0 heterocycles. The number of carbonyl (C=O) groups excluding carboxylic acids is 1. The lowest BCUT2D eigenvalue weighted by atomic mass is 10.0. The highest BCUT2D eigenvalue weighted by Crippen LogP contribution is 2.10. The quantitative estimate of drug-likeness (QED) is 0.739. The normalized spacial score (nSPS) is 10.3. The van der Waals surface area contributed by atoms with Crippen molar-refractivity contribution in [2.24, 2.45) is 0 Å². The fourth-order valence-corrected chi connectivity index (χ4v) is 1.73. The van der Waals surface area contributed by atoms with Crippen molar-refractivity contribution in [1.82, 2.24) is 0 Å². The summed E-state index contributed by atoms with van der Waals surface area (Å²) in [6, 6.07) is 6.40. The van der Waals surface area contributed by atoms with E-state index < -0.39 is 0 Å². The van der Waals surface area contributed by atoms with Crippen molar-refractivity contribution in [3.05, 3.63) is 34.9 Å². The van der Waals surface area contributed by atoms with Gasteiger partial charge in [-0.25, -0.2) is 0 Å². The predicted octanol–water partition coefficient (Wildman–Crippen LogP) is 2.45. The Hall–Kier alpha value is -1.15. The van der Waals surface area contributed by atoms with Crippen LogP contribution in [0.3, 0.4) is 0 Å². The van der Waals surface area contributed by atoms with Gasteiger partial charge in [-0.05, 0) is 25.8 Å². The number of carbonyl (C=O) groups is 1. The molecule has 0 spiro atoms. The Morgan fingerprint density at radius 2 is 1.80 bits per heavy atom. The average Bonchev–Trinajstić information content (AvgIpc) is 2.14. The number of rotatable bonds is 5. The number of hydrogen-bond acceptors (Lipinski definition) is 2. The number of hydrogen-bond donors (Lipinski definition) is 0. The van der Waals surface area contributed by atoms with E-state index in [0.29, 0.717) is 6.42 Å². The maximum atomic E-state index is 11.3. The second-order valence-electron chi connectivity index (χ2n) is 3.97. The Kier molecular flexibility index (Phi) is 4.50. The molecule has 0 aliphatic rings. The van der Waals surface area contributed by atoms with Gasteiger partial charge in [0.15, 0.2) is 5.78 Å². The molecule has 2 nitrogen and oxygen atoms in total. The van der Waals surface area contributed by atoms with Gasteiger partial charge in [0.25, 0.3) is 0 Å². The maximum Gasteiger partial charge on any atom is 0.158 e. The van der Waals surface area contributed by atoms with Gasteiger partial charge in [0, 0.05) is 13.5 Å². The number of methoxy groups -OCH3 is 1. The SMILES string of the molecule is COCC(=O)CCc1cc(C)cc(C)c1. The summed E-state index contributed by atoms with van der Waals surface area (Å²) < 4.78 is 4.79. The summed E-state index contributed by atoms with van der Waals surface area (Å²) in [5, 5.41) is 0. The Balaban J connectivity index is 2.54. The molecule has 0 amide bonds. The van der Waals surface area contributed by atoms with Crippen LogP contribution >= 0.6 is 0 Å². The molecule has 0 saturated carbocycles.